The highest BCUT2D eigenvalue weighted by atomic mass is 32.2. The number of hydrogen-bond acceptors (Lipinski definition) is 3. The molecule has 5 heteroatoms. The van der Waals surface area contributed by atoms with Gasteiger partial charge in [0.1, 0.15) is 11.6 Å². The summed E-state index contributed by atoms with van der Waals surface area (Å²) in [6.45, 7) is 0. The summed E-state index contributed by atoms with van der Waals surface area (Å²) in [7, 11) is 0. The molecule has 18 heavy (non-hydrogen) atoms. The summed E-state index contributed by atoms with van der Waals surface area (Å²) in [5, 5.41) is 2.63. The highest BCUT2D eigenvalue weighted by Crippen LogP contribution is 2.14. The highest BCUT2D eigenvalue weighted by Gasteiger charge is 2.04. The molecule has 3 nitrogen and oxygen atoms in total. The van der Waals surface area contributed by atoms with Crippen molar-refractivity contribution in [1.29, 1.82) is 0 Å². The van der Waals surface area contributed by atoms with Gasteiger partial charge in [-0.05, 0) is 30.3 Å². The smallest absolute Gasteiger partial charge is 0.234 e. The van der Waals surface area contributed by atoms with Crippen LogP contribution in [0.5, 0.6) is 0 Å². The third-order valence-corrected chi connectivity index (χ3v) is 3.12. The van der Waals surface area contributed by atoms with Gasteiger partial charge in [0.2, 0.25) is 5.91 Å². The standard InChI is InChI=1S/C13H12FNO2S/c14-10-3-1-4-11(7-10)15-13(16)9-18-8-12-5-2-6-17-12/h1-7H,8-9H2,(H,15,16). The highest BCUT2D eigenvalue weighted by molar-refractivity contribution is 7.99. The van der Waals surface area contributed by atoms with Crippen molar-refractivity contribution in [2.24, 2.45) is 0 Å². The minimum Gasteiger partial charge on any atom is -0.468 e. The van der Waals surface area contributed by atoms with E-state index in [-0.39, 0.29) is 11.7 Å². The molecule has 0 unspecified atom stereocenters. The lowest BCUT2D eigenvalue weighted by molar-refractivity contribution is -0.113. The molecule has 1 amide bonds. The van der Waals surface area contributed by atoms with Crippen LogP contribution in [0.3, 0.4) is 0 Å². The number of benzene rings is 1. The number of amides is 1. The molecule has 2 aromatic rings. The van der Waals surface area contributed by atoms with Crippen molar-refractivity contribution in [3.63, 3.8) is 0 Å². The van der Waals surface area contributed by atoms with E-state index in [1.165, 1.54) is 23.9 Å². The Hall–Kier alpha value is -1.75. The van der Waals surface area contributed by atoms with Crippen molar-refractivity contribution < 1.29 is 13.6 Å². The average Bonchev–Trinajstić information content (AvgIpc) is 2.82. The number of carbonyl (C=O) groups excluding carboxylic acids is 1. The maximum absolute atomic E-state index is 12.9. The Morgan fingerprint density at radius 3 is 2.94 bits per heavy atom. The van der Waals surface area contributed by atoms with Crippen LogP contribution < -0.4 is 5.32 Å². The molecule has 1 heterocycles. The van der Waals surface area contributed by atoms with Crippen LogP contribution in [0.15, 0.2) is 47.1 Å². The molecule has 1 aromatic heterocycles. The molecule has 0 aliphatic rings. The quantitative estimate of drug-likeness (QED) is 0.902. The summed E-state index contributed by atoms with van der Waals surface area (Å²) in [5.74, 6) is 1.26. The third-order valence-electron chi connectivity index (χ3n) is 2.17. The van der Waals surface area contributed by atoms with Crippen LogP contribution in [0.4, 0.5) is 10.1 Å². The fraction of sp³-hybridized carbons (Fsp3) is 0.154. The van der Waals surface area contributed by atoms with Crippen molar-refractivity contribution in [2.45, 2.75) is 5.75 Å². The van der Waals surface area contributed by atoms with Crippen LogP contribution in [0.1, 0.15) is 5.76 Å². The lowest BCUT2D eigenvalue weighted by Gasteiger charge is -2.04. The molecule has 0 saturated heterocycles. The summed E-state index contributed by atoms with van der Waals surface area (Å²) >= 11 is 1.44. The zero-order valence-electron chi connectivity index (χ0n) is 9.56. The summed E-state index contributed by atoms with van der Waals surface area (Å²) in [6, 6.07) is 9.50. The zero-order valence-corrected chi connectivity index (χ0v) is 10.4. The monoisotopic (exact) mass is 265 g/mol. The van der Waals surface area contributed by atoms with Gasteiger partial charge in [-0.2, -0.15) is 0 Å². The van der Waals surface area contributed by atoms with E-state index in [0.29, 0.717) is 17.2 Å². The van der Waals surface area contributed by atoms with Crippen LogP contribution in [-0.4, -0.2) is 11.7 Å². The second-order valence-electron chi connectivity index (χ2n) is 3.63. The molecule has 94 valence electrons. The Balaban J connectivity index is 1.75. The summed E-state index contributed by atoms with van der Waals surface area (Å²) in [6.07, 6.45) is 1.60. The van der Waals surface area contributed by atoms with Crippen molar-refractivity contribution in [1.82, 2.24) is 0 Å². The van der Waals surface area contributed by atoms with Gasteiger partial charge in [-0.3, -0.25) is 4.79 Å². The van der Waals surface area contributed by atoms with Gasteiger partial charge in [0, 0.05) is 5.69 Å². The molecule has 1 N–H and O–H groups in total. The molecular weight excluding hydrogens is 253 g/mol. The molecule has 0 spiro atoms. The van der Waals surface area contributed by atoms with E-state index in [4.69, 9.17) is 4.42 Å². The van der Waals surface area contributed by atoms with Gasteiger partial charge in [-0.15, -0.1) is 11.8 Å². The first-order valence-corrected chi connectivity index (χ1v) is 6.55. The van der Waals surface area contributed by atoms with E-state index in [2.05, 4.69) is 5.32 Å². The number of nitrogens with one attached hydrogen (secondary N) is 1. The SMILES string of the molecule is O=C(CSCc1ccco1)Nc1cccc(F)c1. The topological polar surface area (TPSA) is 42.2 Å². The number of halogens is 1. The minimum absolute atomic E-state index is 0.155. The van der Waals surface area contributed by atoms with Gasteiger partial charge in [0.15, 0.2) is 0 Å². The van der Waals surface area contributed by atoms with Crippen LogP contribution >= 0.6 is 11.8 Å². The van der Waals surface area contributed by atoms with Gasteiger partial charge >= 0.3 is 0 Å². The molecule has 0 aliphatic carbocycles. The Morgan fingerprint density at radius 1 is 1.33 bits per heavy atom. The summed E-state index contributed by atoms with van der Waals surface area (Å²) < 4.78 is 18.0. The normalized spacial score (nSPS) is 10.3. The van der Waals surface area contributed by atoms with Gasteiger partial charge in [0.05, 0.1) is 17.8 Å². The van der Waals surface area contributed by atoms with E-state index in [0.717, 1.165) is 5.76 Å². The number of anilines is 1. The molecule has 0 bridgehead atoms. The molecule has 0 saturated carbocycles. The Bertz CT molecular complexity index is 513. The number of thioether (sulfide) groups is 1. The van der Waals surface area contributed by atoms with Crippen LogP contribution in [0.25, 0.3) is 0 Å². The molecule has 2 rings (SSSR count). The molecule has 0 atom stereocenters. The number of furan rings is 1. The van der Waals surface area contributed by atoms with Crippen molar-refractivity contribution in [2.75, 3.05) is 11.1 Å². The Kier molecular flexibility index (Phi) is 4.41. The van der Waals surface area contributed by atoms with Gasteiger partial charge in [-0.25, -0.2) is 4.39 Å². The van der Waals surface area contributed by atoms with Crippen molar-refractivity contribution >= 4 is 23.4 Å². The fourth-order valence-electron chi connectivity index (χ4n) is 1.40. The molecule has 0 radical (unpaired) electrons. The Morgan fingerprint density at radius 2 is 2.22 bits per heavy atom. The maximum atomic E-state index is 12.9. The summed E-state index contributed by atoms with van der Waals surface area (Å²) in [5.41, 5.74) is 0.471. The number of carbonyl (C=O) groups is 1. The second kappa shape index (κ2) is 6.26. The lowest BCUT2D eigenvalue weighted by atomic mass is 10.3. The Labute approximate surface area is 108 Å². The van der Waals surface area contributed by atoms with Crippen molar-refractivity contribution in [3.8, 4) is 0 Å². The first-order chi connectivity index (χ1) is 8.74. The van der Waals surface area contributed by atoms with E-state index in [9.17, 15) is 9.18 Å². The van der Waals surface area contributed by atoms with E-state index in [1.54, 1.807) is 18.4 Å². The van der Waals surface area contributed by atoms with E-state index in [1.807, 2.05) is 12.1 Å². The van der Waals surface area contributed by atoms with Gasteiger partial charge in [-0.1, -0.05) is 6.07 Å². The molecule has 0 fully saturated rings. The number of hydrogen-bond donors (Lipinski definition) is 1. The van der Waals surface area contributed by atoms with Gasteiger partial charge < -0.3 is 9.73 Å². The maximum Gasteiger partial charge on any atom is 0.234 e. The lowest BCUT2D eigenvalue weighted by Crippen LogP contribution is -2.14. The number of rotatable bonds is 5. The first-order valence-electron chi connectivity index (χ1n) is 5.39. The predicted molar refractivity (Wildman–Crippen MR) is 69.9 cm³/mol. The summed E-state index contributed by atoms with van der Waals surface area (Å²) in [4.78, 5) is 11.6. The zero-order chi connectivity index (χ0) is 12.8. The van der Waals surface area contributed by atoms with Crippen LogP contribution in [0.2, 0.25) is 0 Å². The second-order valence-corrected chi connectivity index (χ2v) is 4.62. The van der Waals surface area contributed by atoms with E-state index >= 15 is 0 Å². The fourth-order valence-corrected chi connectivity index (χ4v) is 2.13. The van der Waals surface area contributed by atoms with Crippen LogP contribution in [0, 0.1) is 5.82 Å². The molecule has 1 aromatic carbocycles. The third kappa shape index (κ3) is 3.92. The average molecular weight is 265 g/mol. The minimum atomic E-state index is -0.365. The predicted octanol–water partition coefficient (Wildman–Crippen LogP) is 3.29. The largest absolute Gasteiger partial charge is 0.468 e. The van der Waals surface area contributed by atoms with Gasteiger partial charge in [0.25, 0.3) is 0 Å². The van der Waals surface area contributed by atoms with E-state index < -0.39 is 0 Å². The first kappa shape index (κ1) is 12.7. The molecule has 0 aliphatic heterocycles. The molecular formula is C13H12FNO2S. The van der Waals surface area contributed by atoms with Crippen molar-refractivity contribution in [3.05, 3.63) is 54.2 Å². The van der Waals surface area contributed by atoms with Crippen LogP contribution in [-0.2, 0) is 10.5 Å².